The Morgan fingerprint density at radius 1 is 1.27 bits per heavy atom. The lowest BCUT2D eigenvalue weighted by atomic mass is 9.89. The molecule has 4 bridgehead atoms. The van der Waals surface area contributed by atoms with Crippen molar-refractivity contribution in [2.75, 3.05) is 19.5 Å². The van der Waals surface area contributed by atoms with Crippen LogP contribution in [0.3, 0.4) is 0 Å². The Hall–Kier alpha value is -3.54. The summed E-state index contributed by atoms with van der Waals surface area (Å²) in [6.07, 6.45) is 2.85. The maximum absolute atomic E-state index is 13.1. The number of alkyl carbamates (subject to hydrolysis) is 2. The molecule has 3 amide bonds. The highest BCUT2D eigenvalue weighted by molar-refractivity contribution is 6.35. The van der Waals surface area contributed by atoms with Gasteiger partial charge >= 0.3 is 12.2 Å². The Bertz CT molecular complexity index is 1230. The number of amides is 3. The number of nitrogens with one attached hydrogen (secondary N) is 3. The van der Waals surface area contributed by atoms with Crippen LogP contribution in [0.15, 0.2) is 47.6 Å². The number of ether oxygens (including phenoxy) is 3. The van der Waals surface area contributed by atoms with Gasteiger partial charge in [-0.2, -0.15) is 0 Å². The first-order valence-electron chi connectivity index (χ1n) is 12.8. The van der Waals surface area contributed by atoms with Gasteiger partial charge in [0.25, 0.3) is 0 Å². The van der Waals surface area contributed by atoms with E-state index < -0.39 is 48.0 Å². The zero-order valence-electron chi connectivity index (χ0n) is 23.1. The van der Waals surface area contributed by atoms with Crippen LogP contribution in [-0.2, 0) is 25.4 Å². The molecule has 0 spiro atoms. The summed E-state index contributed by atoms with van der Waals surface area (Å²) in [4.78, 5) is 37.6. The molecule has 1 aromatic carbocycles. The van der Waals surface area contributed by atoms with E-state index >= 15 is 0 Å². The first-order valence-corrected chi connectivity index (χ1v) is 13.2. The fourth-order valence-corrected chi connectivity index (χ4v) is 4.86. The molecule has 218 valence electrons. The van der Waals surface area contributed by atoms with Crippen molar-refractivity contribution in [3.05, 3.63) is 58.2 Å². The molecule has 1 unspecified atom stereocenters. The zero-order chi connectivity index (χ0) is 29.6. The van der Waals surface area contributed by atoms with E-state index in [0.29, 0.717) is 17.6 Å². The molecule has 5 atom stereocenters. The summed E-state index contributed by atoms with van der Waals surface area (Å²) in [7, 11) is 2.82. The Kier molecular flexibility index (Phi) is 10.2. The highest BCUT2D eigenvalue weighted by Gasteiger charge is 2.46. The average Bonchev–Trinajstić information content (AvgIpc) is 2.87. The number of hydrogen-bond acceptors (Lipinski definition) is 8. The van der Waals surface area contributed by atoms with Crippen molar-refractivity contribution >= 4 is 35.4 Å². The van der Waals surface area contributed by atoms with Crippen molar-refractivity contribution in [3.63, 3.8) is 0 Å². The predicted molar refractivity (Wildman–Crippen MR) is 149 cm³/mol. The second-order valence-electron chi connectivity index (χ2n) is 10.1. The summed E-state index contributed by atoms with van der Waals surface area (Å²) in [5.74, 6) is -1.15. The second kappa shape index (κ2) is 13.2. The maximum Gasteiger partial charge on any atom is 0.409 e. The molecular formula is C28H36ClN3O8. The molecule has 0 aliphatic carbocycles. The molecule has 2 heterocycles. The van der Waals surface area contributed by atoms with Gasteiger partial charge in [-0.25, -0.2) is 9.59 Å². The van der Waals surface area contributed by atoms with Gasteiger partial charge in [0.2, 0.25) is 5.91 Å². The zero-order valence-corrected chi connectivity index (χ0v) is 23.9. The number of carbonyl (C=O) groups is 3. The molecule has 3 rings (SSSR count). The van der Waals surface area contributed by atoms with E-state index in [2.05, 4.69) is 16.0 Å². The van der Waals surface area contributed by atoms with Gasteiger partial charge in [-0.05, 0) is 43.5 Å². The number of phenolic OH excluding ortho intramolecular Hbond substituents is 1. The van der Waals surface area contributed by atoms with Crippen LogP contribution in [-0.4, -0.2) is 66.5 Å². The molecular weight excluding hydrogens is 542 g/mol. The average molecular weight is 578 g/mol. The van der Waals surface area contributed by atoms with Crippen molar-refractivity contribution in [2.24, 2.45) is 5.92 Å². The SMILES string of the molecule is CNC(=O)O[C@H]1CC(=O)Nc2cc(cc(O)c2Cl)C/C(C)=C/C=C/[C@@H](OC)[C@@]2(O)C[C@H](OC(=O)N2)C(C)/C=C/1C. The summed E-state index contributed by atoms with van der Waals surface area (Å²) in [6.45, 7) is 5.34. The van der Waals surface area contributed by atoms with Crippen LogP contribution < -0.4 is 16.0 Å². The Balaban J connectivity index is 2.08. The number of benzene rings is 1. The van der Waals surface area contributed by atoms with Gasteiger partial charge in [-0.3, -0.25) is 10.1 Å². The number of methoxy groups -OCH3 is 1. The molecule has 0 aromatic heterocycles. The third-order valence-corrected chi connectivity index (χ3v) is 7.19. The molecule has 1 fully saturated rings. The number of rotatable bonds is 2. The highest BCUT2D eigenvalue weighted by atomic mass is 35.5. The number of anilines is 1. The molecule has 0 radical (unpaired) electrons. The minimum atomic E-state index is -1.76. The van der Waals surface area contributed by atoms with Crippen LogP contribution in [0.2, 0.25) is 5.02 Å². The van der Waals surface area contributed by atoms with E-state index in [1.165, 1.54) is 20.2 Å². The smallest absolute Gasteiger partial charge is 0.409 e. The predicted octanol–water partition coefficient (Wildman–Crippen LogP) is 3.94. The van der Waals surface area contributed by atoms with Crippen LogP contribution >= 0.6 is 11.6 Å². The fraction of sp³-hybridized carbons (Fsp3) is 0.464. The number of carbonyl (C=O) groups excluding carboxylic acids is 3. The van der Waals surface area contributed by atoms with Crippen molar-refractivity contribution in [2.45, 2.75) is 64.1 Å². The van der Waals surface area contributed by atoms with E-state index in [1.54, 1.807) is 38.1 Å². The van der Waals surface area contributed by atoms with Gasteiger partial charge in [0.1, 0.15) is 29.1 Å². The van der Waals surface area contributed by atoms with Crippen molar-refractivity contribution < 1.29 is 38.8 Å². The summed E-state index contributed by atoms with van der Waals surface area (Å²) in [5.41, 5.74) is 0.539. The molecule has 0 saturated carbocycles. The standard InChI is InChI=1S/C28H36ClN3O8/c1-15-7-6-8-23(38-5)28(37)14-22(40-27(36)32-28)17(3)10-16(2)21(39-26(35)30-4)13-24(34)31-19-11-18(9-15)12-20(33)25(19)29/h6-8,10-12,17,21-23,33,37H,9,13-14H2,1-5H3,(H,30,35)(H,31,34)(H,32,36)/b8-6+,15-7+,16-10+/t17?,21-,22-,23+,28-/m0/s1. The normalized spacial score (nSPS) is 31.3. The van der Waals surface area contributed by atoms with E-state index in [9.17, 15) is 24.6 Å². The molecule has 11 nitrogen and oxygen atoms in total. The van der Waals surface area contributed by atoms with Crippen LogP contribution in [0.25, 0.3) is 0 Å². The number of allylic oxidation sites excluding steroid dienone is 3. The molecule has 5 N–H and O–H groups in total. The molecule has 12 heteroatoms. The monoisotopic (exact) mass is 577 g/mol. The van der Waals surface area contributed by atoms with Gasteiger partial charge in [0.15, 0.2) is 5.72 Å². The van der Waals surface area contributed by atoms with Gasteiger partial charge in [0.05, 0.1) is 12.1 Å². The van der Waals surface area contributed by atoms with Crippen LogP contribution in [0.1, 0.15) is 39.2 Å². The summed E-state index contributed by atoms with van der Waals surface area (Å²) < 4.78 is 16.5. The summed E-state index contributed by atoms with van der Waals surface area (Å²) in [6, 6.07) is 3.16. The molecule has 1 saturated heterocycles. The van der Waals surface area contributed by atoms with E-state index in [1.807, 2.05) is 13.0 Å². The summed E-state index contributed by atoms with van der Waals surface area (Å²) >= 11 is 6.27. The molecule has 40 heavy (non-hydrogen) atoms. The van der Waals surface area contributed by atoms with Crippen LogP contribution in [0, 0.1) is 5.92 Å². The van der Waals surface area contributed by atoms with Crippen molar-refractivity contribution in [3.8, 4) is 5.75 Å². The maximum atomic E-state index is 13.1. The van der Waals surface area contributed by atoms with E-state index in [-0.39, 0.29) is 29.3 Å². The minimum absolute atomic E-state index is 0.000295. The number of fused-ring (bicyclic) bond motifs is 4. The van der Waals surface area contributed by atoms with Crippen LogP contribution in [0.5, 0.6) is 5.75 Å². The first kappa shape index (κ1) is 31.0. The third kappa shape index (κ3) is 7.77. The fourth-order valence-electron chi connectivity index (χ4n) is 4.70. The third-order valence-electron chi connectivity index (χ3n) is 6.80. The minimum Gasteiger partial charge on any atom is -0.506 e. The Morgan fingerprint density at radius 2 is 2.00 bits per heavy atom. The van der Waals surface area contributed by atoms with Crippen molar-refractivity contribution in [1.82, 2.24) is 10.6 Å². The van der Waals surface area contributed by atoms with E-state index in [0.717, 1.165) is 5.57 Å². The number of hydrogen-bond donors (Lipinski definition) is 5. The van der Waals surface area contributed by atoms with Gasteiger partial charge < -0.3 is 35.1 Å². The lowest BCUT2D eigenvalue weighted by molar-refractivity contribution is -0.138. The quantitative estimate of drug-likeness (QED) is 0.331. The van der Waals surface area contributed by atoms with E-state index in [4.69, 9.17) is 25.8 Å². The number of aromatic hydroxyl groups is 1. The number of aliphatic hydroxyl groups is 1. The molecule has 1 aromatic rings. The largest absolute Gasteiger partial charge is 0.506 e. The molecule has 2 aliphatic rings. The van der Waals surface area contributed by atoms with Crippen LogP contribution in [0.4, 0.5) is 15.3 Å². The Morgan fingerprint density at radius 3 is 2.67 bits per heavy atom. The topological polar surface area (TPSA) is 155 Å². The second-order valence-corrected chi connectivity index (χ2v) is 10.4. The highest BCUT2D eigenvalue weighted by Crippen LogP contribution is 2.34. The summed E-state index contributed by atoms with van der Waals surface area (Å²) in [5, 5.41) is 29.3. The lowest BCUT2D eigenvalue weighted by Crippen LogP contribution is -2.63. The number of halogens is 1. The molecule has 2 aliphatic heterocycles. The van der Waals surface area contributed by atoms with Gasteiger partial charge in [0, 0.05) is 26.5 Å². The van der Waals surface area contributed by atoms with Crippen molar-refractivity contribution in [1.29, 1.82) is 0 Å². The number of phenols is 1. The van der Waals surface area contributed by atoms with Gasteiger partial charge in [-0.15, -0.1) is 0 Å². The Labute approximate surface area is 238 Å². The lowest BCUT2D eigenvalue weighted by Gasteiger charge is -2.41. The first-order chi connectivity index (χ1) is 18.8. The van der Waals surface area contributed by atoms with Gasteiger partial charge in [-0.1, -0.05) is 48.4 Å².